The van der Waals surface area contributed by atoms with Gasteiger partial charge in [0.05, 0.1) is 18.5 Å². The van der Waals surface area contributed by atoms with E-state index in [2.05, 4.69) is 4.98 Å². The number of methoxy groups -OCH3 is 1. The molecule has 0 aliphatic rings. The van der Waals surface area contributed by atoms with E-state index in [-0.39, 0.29) is 5.70 Å². The normalized spacial score (nSPS) is 13.2. The molecular weight excluding hydrogens is 208 g/mol. The number of imidazole rings is 1. The Bertz CT molecular complexity index is 445. The lowest BCUT2D eigenvalue weighted by atomic mass is 10.3. The average Bonchev–Trinajstić information content (AvgIpc) is 2.71. The number of hydrogen-bond acceptors (Lipinski definition) is 5. The summed E-state index contributed by atoms with van der Waals surface area (Å²) < 4.78 is 6.63. The first-order valence-electron chi connectivity index (χ1n) is 4.55. The zero-order chi connectivity index (χ0) is 12.1. The van der Waals surface area contributed by atoms with Crippen molar-refractivity contribution in [2.24, 2.45) is 11.5 Å². The maximum atomic E-state index is 10.4. The van der Waals surface area contributed by atoms with Gasteiger partial charge < -0.3 is 16.2 Å². The van der Waals surface area contributed by atoms with E-state index in [1.807, 2.05) is 6.92 Å². The number of carbonyl (C=O) groups excluding carboxylic acids is 1. The lowest BCUT2D eigenvalue weighted by Gasteiger charge is -2.07. The average molecular weight is 222 g/mol. The molecule has 86 valence electrons. The highest BCUT2D eigenvalue weighted by atomic mass is 16.5. The molecule has 0 aromatic carbocycles. The van der Waals surface area contributed by atoms with Gasteiger partial charge in [-0.25, -0.2) is 4.98 Å². The highest BCUT2D eigenvalue weighted by Gasteiger charge is 2.04. The van der Waals surface area contributed by atoms with Crippen molar-refractivity contribution in [3.63, 3.8) is 0 Å². The maximum Gasteiger partial charge on any atom is 0.165 e. The molecule has 0 saturated carbocycles. The Morgan fingerprint density at radius 2 is 2.25 bits per heavy atom. The summed E-state index contributed by atoms with van der Waals surface area (Å²) in [6.45, 7) is 1.84. The molecule has 0 spiro atoms. The number of aldehydes is 1. The zero-order valence-corrected chi connectivity index (χ0v) is 9.18. The van der Waals surface area contributed by atoms with Gasteiger partial charge in [0, 0.05) is 12.3 Å². The van der Waals surface area contributed by atoms with E-state index in [9.17, 15) is 4.79 Å². The topological polar surface area (TPSA) is 96.2 Å². The van der Waals surface area contributed by atoms with Crippen LogP contribution >= 0.6 is 0 Å². The lowest BCUT2D eigenvalue weighted by molar-refractivity contribution is -0.105. The smallest absolute Gasteiger partial charge is 0.165 e. The molecule has 0 atom stereocenters. The minimum Gasteiger partial charge on any atom is -0.493 e. The van der Waals surface area contributed by atoms with Crippen LogP contribution in [0.5, 0.6) is 0 Å². The van der Waals surface area contributed by atoms with Gasteiger partial charge in [0.1, 0.15) is 6.33 Å². The Kier molecular flexibility index (Phi) is 3.71. The van der Waals surface area contributed by atoms with Gasteiger partial charge in [0.15, 0.2) is 17.9 Å². The van der Waals surface area contributed by atoms with Gasteiger partial charge in [-0.1, -0.05) is 0 Å². The molecule has 0 bridgehead atoms. The summed E-state index contributed by atoms with van der Waals surface area (Å²) in [5.74, 6) is 0.620. The van der Waals surface area contributed by atoms with E-state index in [1.165, 1.54) is 13.2 Å². The molecule has 16 heavy (non-hydrogen) atoms. The van der Waals surface area contributed by atoms with Crippen LogP contribution in [0.1, 0.15) is 5.69 Å². The van der Waals surface area contributed by atoms with Gasteiger partial charge in [-0.05, 0) is 6.92 Å². The fourth-order valence-electron chi connectivity index (χ4n) is 1.10. The van der Waals surface area contributed by atoms with Gasteiger partial charge in [0.25, 0.3) is 0 Å². The molecule has 4 N–H and O–H groups in total. The zero-order valence-electron chi connectivity index (χ0n) is 9.18. The van der Waals surface area contributed by atoms with Crippen LogP contribution in [0.2, 0.25) is 0 Å². The first-order valence-corrected chi connectivity index (χ1v) is 4.55. The largest absolute Gasteiger partial charge is 0.493 e. The molecule has 1 aromatic rings. The molecule has 6 nitrogen and oxygen atoms in total. The molecule has 1 rings (SSSR count). The number of hydrogen-bond donors (Lipinski definition) is 2. The Balaban J connectivity index is 3.13. The van der Waals surface area contributed by atoms with Crippen LogP contribution in [0, 0.1) is 6.92 Å². The van der Waals surface area contributed by atoms with Crippen LogP contribution in [-0.4, -0.2) is 22.9 Å². The maximum absolute atomic E-state index is 10.4. The highest BCUT2D eigenvalue weighted by Crippen LogP contribution is 2.09. The van der Waals surface area contributed by atoms with E-state index >= 15 is 0 Å². The molecular formula is C10H14N4O2. The van der Waals surface area contributed by atoms with Gasteiger partial charge >= 0.3 is 0 Å². The van der Waals surface area contributed by atoms with Crippen LogP contribution in [-0.2, 0) is 9.53 Å². The molecule has 0 radical (unpaired) electrons. The molecule has 1 aromatic heterocycles. The van der Waals surface area contributed by atoms with Crippen molar-refractivity contribution in [3.8, 4) is 0 Å². The standard InChI is InChI=1S/C10H14N4O2/c1-7-4-14(6-13-7)10(12)9(16-2)3-8(11)5-15/h3-6H,11-12H2,1-2H3/b8-3-,10-9-. The third kappa shape index (κ3) is 2.63. The minimum absolute atomic E-state index is 0.0386. The number of carbonyl (C=O) groups is 1. The predicted molar refractivity (Wildman–Crippen MR) is 59.7 cm³/mol. The van der Waals surface area contributed by atoms with Crippen molar-refractivity contribution in [1.82, 2.24) is 9.55 Å². The second-order valence-electron chi connectivity index (χ2n) is 3.14. The number of aromatic nitrogens is 2. The van der Waals surface area contributed by atoms with Gasteiger partial charge in [-0.15, -0.1) is 0 Å². The van der Waals surface area contributed by atoms with Crippen molar-refractivity contribution in [2.75, 3.05) is 7.11 Å². The Morgan fingerprint density at radius 1 is 1.56 bits per heavy atom. The van der Waals surface area contributed by atoms with Crippen LogP contribution in [0.15, 0.2) is 30.1 Å². The Labute approximate surface area is 93.2 Å². The number of nitrogens with zero attached hydrogens (tertiary/aromatic N) is 2. The summed E-state index contributed by atoms with van der Waals surface area (Å²) in [4.78, 5) is 14.4. The number of allylic oxidation sites excluding steroid dienone is 2. The summed E-state index contributed by atoms with van der Waals surface area (Å²) >= 11 is 0. The predicted octanol–water partition coefficient (Wildman–Crippen LogP) is -0.0358. The summed E-state index contributed by atoms with van der Waals surface area (Å²) in [5.41, 5.74) is 12.1. The quantitative estimate of drug-likeness (QED) is 0.322. The fraction of sp³-hybridized carbons (Fsp3) is 0.200. The first-order chi connectivity index (χ1) is 7.58. The van der Waals surface area contributed by atoms with Crippen LogP contribution < -0.4 is 11.5 Å². The lowest BCUT2D eigenvalue weighted by Crippen LogP contribution is -2.10. The molecule has 0 saturated heterocycles. The number of nitrogens with two attached hydrogens (primary N) is 2. The first kappa shape index (κ1) is 11.8. The molecule has 0 fully saturated rings. The Hall–Kier alpha value is -2.24. The van der Waals surface area contributed by atoms with E-state index in [0.29, 0.717) is 17.9 Å². The molecule has 0 unspecified atom stereocenters. The summed E-state index contributed by atoms with van der Waals surface area (Å²) in [6, 6.07) is 0. The van der Waals surface area contributed by atoms with Crippen molar-refractivity contribution < 1.29 is 9.53 Å². The monoisotopic (exact) mass is 222 g/mol. The van der Waals surface area contributed by atoms with Gasteiger partial charge in [0.2, 0.25) is 0 Å². The van der Waals surface area contributed by atoms with Crippen molar-refractivity contribution >= 4 is 12.1 Å². The number of aryl methyl sites for hydroxylation is 1. The molecule has 0 aliphatic carbocycles. The molecule has 0 aliphatic heterocycles. The van der Waals surface area contributed by atoms with E-state index < -0.39 is 0 Å². The Morgan fingerprint density at radius 3 is 2.69 bits per heavy atom. The van der Waals surface area contributed by atoms with Gasteiger partial charge in [-0.3, -0.25) is 9.36 Å². The van der Waals surface area contributed by atoms with Crippen molar-refractivity contribution in [2.45, 2.75) is 6.92 Å². The van der Waals surface area contributed by atoms with E-state index in [0.717, 1.165) is 5.69 Å². The second-order valence-corrected chi connectivity index (χ2v) is 3.14. The summed E-state index contributed by atoms with van der Waals surface area (Å²) in [7, 11) is 1.45. The summed E-state index contributed by atoms with van der Waals surface area (Å²) in [6.07, 6.45) is 5.16. The molecule has 1 heterocycles. The van der Waals surface area contributed by atoms with Crippen LogP contribution in [0.3, 0.4) is 0 Å². The second kappa shape index (κ2) is 5.01. The van der Waals surface area contributed by atoms with Crippen molar-refractivity contribution in [3.05, 3.63) is 35.8 Å². The highest BCUT2D eigenvalue weighted by molar-refractivity contribution is 5.73. The fourth-order valence-corrected chi connectivity index (χ4v) is 1.10. The van der Waals surface area contributed by atoms with E-state index in [4.69, 9.17) is 16.2 Å². The van der Waals surface area contributed by atoms with E-state index in [1.54, 1.807) is 17.1 Å². The van der Waals surface area contributed by atoms with Crippen LogP contribution in [0.4, 0.5) is 0 Å². The third-order valence-corrected chi connectivity index (χ3v) is 1.90. The SMILES string of the molecule is COC(/C=C(\N)C=O)=C(/N)n1cnc(C)c1. The van der Waals surface area contributed by atoms with Gasteiger partial charge in [-0.2, -0.15) is 0 Å². The van der Waals surface area contributed by atoms with Crippen LogP contribution in [0.25, 0.3) is 5.82 Å². The van der Waals surface area contributed by atoms with Crippen molar-refractivity contribution in [1.29, 1.82) is 0 Å². The molecule has 0 amide bonds. The molecule has 6 heteroatoms. The number of rotatable bonds is 4. The third-order valence-electron chi connectivity index (χ3n) is 1.90. The summed E-state index contributed by atoms with van der Waals surface area (Å²) in [5, 5.41) is 0. The number of ether oxygens (including phenoxy) is 1. The minimum atomic E-state index is 0.0386.